The van der Waals surface area contributed by atoms with Gasteiger partial charge in [-0.3, -0.25) is 9.59 Å². The number of hydrogen-bond donors (Lipinski definition) is 2. The number of H-pyrrole nitrogens is 2. The van der Waals surface area contributed by atoms with Crippen molar-refractivity contribution >= 4 is 27.7 Å². The van der Waals surface area contributed by atoms with Gasteiger partial charge < -0.3 is 19.6 Å². The van der Waals surface area contributed by atoms with Crippen LogP contribution in [0.2, 0.25) is 0 Å². The highest BCUT2D eigenvalue weighted by molar-refractivity contribution is 5.89. The molecule has 1 atom stereocenters. The van der Waals surface area contributed by atoms with Crippen LogP contribution >= 0.6 is 0 Å². The quantitative estimate of drug-likeness (QED) is 0.505. The lowest BCUT2D eigenvalue weighted by Gasteiger charge is -2.25. The van der Waals surface area contributed by atoms with Crippen LogP contribution in [-0.4, -0.2) is 45.0 Å². The lowest BCUT2D eigenvalue weighted by molar-refractivity contribution is -0.132. The molecule has 1 aliphatic rings. The standard InChI is InChI=1S/C24H24N4O3/c29-23(12-16-13-25-20-9-3-1-7-18(16)20)28(14-17-6-5-11-31-17)15-22-26-21-10-4-2-8-19(21)24(30)27-22/h1-4,7-10,13,17,25H,5-6,11-12,14-15H2,(H,26,27,30). The summed E-state index contributed by atoms with van der Waals surface area (Å²) in [4.78, 5) is 38.2. The van der Waals surface area contributed by atoms with Crippen molar-refractivity contribution in [2.75, 3.05) is 13.2 Å². The van der Waals surface area contributed by atoms with Crippen molar-refractivity contribution < 1.29 is 9.53 Å². The summed E-state index contributed by atoms with van der Waals surface area (Å²) < 4.78 is 5.78. The minimum atomic E-state index is -0.193. The zero-order valence-electron chi connectivity index (χ0n) is 17.1. The number of carbonyl (C=O) groups excluding carboxylic acids is 1. The van der Waals surface area contributed by atoms with Crippen molar-refractivity contribution in [3.63, 3.8) is 0 Å². The van der Waals surface area contributed by atoms with E-state index in [1.807, 2.05) is 48.7 Å². The molecule has 0 radical (unpaired) electrons. The van der Waals surface area contributed by atoms with Crippen molar-refractivity contribution in [3.8, 4) is 0 Å². The Kier molecular flexibility index (Phi) is 5.26. The van der Waals surface area contributed by atoms with Crippen LogP contribution in [0, 0.1) is 0 Å². The van der Waals surface area contributed by atoms with Gasteiger partial charge in [0.2, 0.25) is 5.91 Å². The van der Waals surface area contributed by atoms with E-state index in [9.17, 15) is 9.59 Å². The average molecular weight is 416 g/mol. The van der Waals surface area contributed by atoms with Crippen molar-refractivity contribution in [2.24, 2.45) is 0 Å². The minimum Gasteiger partial charge on any atom is -0.376 e. The summed E-state index contributed by atoms with van der Waals surface area (Å²) in [5.41, 5.74) is 2.40. The monoisotopic (exact) mass is 416 g/mol. The molecule has 2 N–H and O–H groups in total. The highest BCUT2D eigenvalue weighted by Gasteiger charge is 2.24. The van der Waals surface area contributed by atoms with Gasteiger partial charge in [0.25, 0.3) is 5.56 Å². The molecule has 1 amide bonds. The molecular weight excluding hydrogens is 392 g/mol. The Labute approximate surface area is 179 Å². The Bertz CT molecular complexity index is 1290. The largest absolute Gasteiger partial charge is 0.376 e. The van der Waals surface area contributed by atoms with Crippen LogP contribution in [-0.2, 0) is 22.5 Å². The van der Waals surface area contributed by atoms with Gasteiger partial charge in [0, 0.05) is 30.3 Å². The van der Waals surface area contributed by atoms with Crippen molar-refractivity contribution in [2.45, 2.75) is 31.9 Å². The number of hydrogen-bond acceptors (Lipinski definition) is 4. The van der Waals surface area contributed by atoms with E-state index in [1.54, 1.807) is 11.0 Å². The van der Waals surface area contributed by atoms with Crippen molar-refractivity contribution in [3.05, 3.63) is 76.5 Å². The minimum absolute atomic E-state index is 0.0131. The summed E-state index contributed by atoms with van der Waals surface area (Å²) in [5, 5.41) is 1.59. The summed E-state index contributed by atoms with van der Waals surface area (Å²) >= 11 is 0. The summed E-state index contributed by atoms with van der Waals surface area (Å²) in [5.74, 6) is 0.463. The second kappa shape index (κ2) is 8.35. The van der Waals surface area contributed by atoms with Gasteiger partial charge in [-0.25, -0.2) is 4.98 Å². The third-order valence-corrected chi connectivity index (χ3v) is 5.82. The number of nitrogens with one attached hydrogen (secondary N) is 2. The Balaban J connectivity index is 1.42. The average Bonchev–Trinajstić information content (AvgIpc) is 3.44. The molecule has 2 aromatic heterocycles. The Morgan fingerprint density at radius 3 is 2.77 bits per heavy atom. The first kappa shape index (κ1) is 19.5. The fourth-order valence-corrected chi connectivity index (χ4v) is 4.23. The molecule has 1 unspecified atom stereocenters. The molecule has 7 heteroatoms. The Hall–Kier alpha value is -3.45. The molecule has 0 saturated carbocycles. The topological polar surface area (TPSA) is 91.1 Å². The molecule has 31 heavy (non-hydrogen) atoms. The molecule has 5 rings (SSSR count). The van der Waals surface area contributed by atoms with Gasteiger partial charge in [-0.05, 0) is 36.6 Å². The lowest BCUT2D eigenvalue weighted by Crippen LogP contribution is -2.38. The van der Waals surface area contributed by atoms with E-state index in [0.717, 1.165) is 35.9 Å². The van der Waals surface area contributed by atoms with Crippen molar-refractivity contribution in [1.82, 2.24) is 19.9 Å². The maximum atomic E-state index is 13.3. The number of aromatic amines is 2. The van der Waals surface area contributed by atoms with E-state index < -0.39 is 0 Å². The van der Waals surface area contributed by atoms with Crippen LogP contribution in [0.5, 0.6) is 0 Å². The molecule has 1 fully saturated rings. The maximum absolute atomic E-state index is 13.3. The number of carbonyl (C=O) groups is 1. The number of nitrogens with zero attached hydrogens (tertiary/aromatic N) is 2. The number of benzene rings is 2. The first-order chi connectivity index (χ1) is 15.2. The maximum Gasteiger partial charge on any atom is 0.258 e. The van der Waals surface area contributed by atoms with Crippen LogP contribution < -0.4 is 5.56 Å². The zero-order valence-corrected chi connectivity index (χ0v) is 17.1. The first-order valence-corrected chi connectivity index (χ1v) is 10.6. The molecule has 0 bridgehead atoms. The van der Waals surface area contributed by atoms with Crippen molar-refractivity contribution in [1.29, 1.82) is 0 Å². The number of ether oxygens (including phenoxy) is 1. The normalized spacial score (nSPS) is 16.2. The van der Waals surface area contributed by atoms with E-state index >= 15 is 0 Å². The zero-order chi connectivity index (χ0) is 21.2. The Morgan fingerprint density at radius 2 is 1.94 bits per heavy atom. The molecular formula is C24H24N4O3. The van der Waals surface area contributed by atoms with Crippen LogP contribution in [0.25, 0.3) is 21.8 Å². The number of aromatic nitrogens is 3. The van der Waals surface area contributed by atoms with Gasteiger partial charge in [0.1, 0.15) is 5.82 Å². The second-order valence-corrected chi connectivity index (χ2v) is 7.98. The predicted octanol–water partition coefficient (Wildman–Crippen LogP) is 3.15. The molecule has 1 saturated heterocycles. The van der Waals surface area contributed by atoms with Crippen LogP contribution in [0.15, 0.2) is 59.5 Å². The van der Waals surface area contributed by atoms with Gasteiger partial charge in [-0.15, -0.1) is 0 Å². The van der Waals surface area contributed by atoms with Gasteiger partial charge >= 0.3 is 0 Å². The molecule has 2 aromatic carbocycles. The predicted molar refractivity (Wildman–Crippen MR) is 119 cm³/mol. The highest BCUT2D eigenvalue weighted by atomic mass is 16.5. The number of para-hydroxylation sites is 2. The van der Waals surface area contributed by atoms with E-state index in [4.69, 9.17) is 4.74 Å². The summed E-state index contributed by atoms with van der Waals surface area (Å²) in [6, 6.07) is 15.2. The SMILES string of the molecule is O=C(Cc1c[nH]c2ccccc12)N(Cc1nc2ccccc2c(=O)[nH]1)CC1CCCO1. The summed E-state index contributed by atoms with van der Waals surface area (Å²) in [7, 11) is 0. The number of rotatable bonds is 6. The number of amides is 1. The van der Waals surface area contributed by atoms with E-state index in [-0.39, 0.29) is 30.5 Å². The van der Waals surface area contributed by atoms with E-state index in [2.05, 4.69) is 15.0 Å². The van der Waals surface area contributed by atoms with Crippen LogP contribution in [0.4, 0.5) is 0 Å². The van der Waals surface area contributed by atoms with Gasteiger partial charge in [-0.2, -0.15) is 0 Å². The molecule has 3 heterocycles. The summed E-state index contributed by atoms with van der Waals surface area (Å²) in [6.45, 7) is 1.44. The molecule has 158 valence electrons. The molecule has 0 aliphatic carbocycles. The molecule has 1 aliphatic heterocycles. The molecule has 7 nitrogen and oxygen atoms in total. The fourth-order valence-electron chi connectivity index (χ4n) is 4.23. The summed E-state index contributed by atoms with van der Waals surface area (Å²) in [6.07, 6.45) is 4.11. The third-order valence-electron chi connectivity index (χ3n) is 5.82. The second-order valence-electron chi connectivity index (χ2n) is 7.98. The third kappa shape index (κ3) is 4.09. The fraction of sp³-hybridized carbons (Fsp3) is 0.292. The van der Waals surface area contributed by atoms with E-state index in [1.165, 1.54) is 0 Å². The smallest absolute Gasteiger partial charge is 0.258 e. The highest BCUT2D eigenvalue weighted by Crippen LogP contribution is 2.20. The van der Waals surface area contributed by atoms with Gasteiger partial charge in [0.05, 0.1) is 30.0 Å². The molecule has 0 spiro atoms. The van der Waals surface area contributed by atoms with Crippen LogP contribution in [0.1, 0.15) is 24.2 Å². The van der Waals surface area contributed by atoms with Crippen LogP contribution in [0.3, 0.4) is 0 Å². The Morgan fingerprint density at radius 1 is 1.13 bits per heavy atom. The van der Waals surface area contributed by atoms with Gasteiger partial charge in [-0.1, -0.05) is 30.3 Å². The number of fused-ring (bicyclic) bond motifs is 2. The van der Waals surface area contributed by atoms with E-state index in [0.29, 0.717) is 23.3 Å². The first-order valence-electron chi connectivity index (χ1n) is 10.6. The molecule has 4 aromatic rings. The van der Waals surface area contributed by atoms with Gasteiger partial charge in [0.15, 0.2) is 0 Å². The lowest BCUT2D eigenvalue weighted by atomic mass is 10.1.